The van der Waals surface area contributed by atoms with E-state index >= 15 is 0 Å². The number of aliphatic hydroxyl groups is 1. The highest BCUT2D eigenvalue weighted by Crippen LogP contribution is 2.27. The Morgan fingerprint density at radius 3 is 3.00 bits per heavy atom. The van der Waals surface area contributed by atoms with Crippen molar-refractivity contribution in [3.05, 3.63) is 24.3 Å². The molecule has 1 aliphatic rings. The summed E-state index contributed by atoms with van der Waals surface area (Å²) in [6.07, 6.45) is 1.66. The normalized spacial score (nSPS) is 18.4. The van der Waals surface area contributed by atoms with Crippen molar-refractivity contribution in [1.29, 1.82) is 0 Å². The van der Waals surface area contributed by atoms with Crippen molar-refractivity contribution in [2.45, 2.75) is 38.3 Å². The number of amides is 2. The topological polar surface area (TPSA) is 61.8 Å². The Kier molecular flexibility index (Phi) is 5.24. The van der Waals surface area contributed by atoms with Gasteiger partial charge < -0.3 is 20.1 Å². The number of anilines is 1. The van der Waals surface area contributed by atoms with Gasteiger partial charge in [-0.15, -0.1) is 0 Å². The van der Waals surface area contributed by atoms with E-state index in [4.69, 9.17) is 4.74 Å². The summed E-state index contributed by atoms with van der Waals surface area (Å²) in [5.74, 6) is 0.510. The molecule has 0 aromatic heterocycles. The van der Waals surface area contributed by atoms with Crippen molar-refractivity contribution in [2.24, 2.45) is 0 Å². The molecule has 0 saturated carbocycles. The van der Waals surface area contributed by atoms with E-state index in [1.807, 2.05) is 0 Å². The Hall–Kier alpha value is -1.82. The van der Waals surface area contributed by atoms with Gasteiger partial charge in [-0.05, 0) is 38.8 Å². The second kappa shape index (κ2) is 6.96. The molecule has 0 radical (unpaired) electrons. The molecule has 1 aromatic rings. The van der Waals surface area contributed by atoms with Crippen LogP contribution in [0.25, 0.3) is 0 Å². The minimum absolute atomic E-state index is 0.00962. The molecule has 122 valence electrons. The van der Waals surface area contributed by atoms with Crippen LogP contribution in [-0.4, -0.2) is 47.5 Å². The highest BCUT2D eigenvalue weighted by molar-refractivity contribution is 5.90. The number of hydrogen-bond donors (Lipinski definition) is 2. The second-order valence-corrected chi connectivity index (χ2v) is 6.00. The molecule has 1 unspecified atom stereocenters. The molecule has 22 heavy (non-hydrogen) atoms. The summed E-state index contributed by atoms with van der Waals surface area (Å²) in [7, 11) is 0. The van der Waals surface area contributed by atoms with E-state index in [0.29, 0.717) is 18.0 Å². The fourth-order valence-corrected chi connectivity index (χ4v) is 2.76. The van der Waals surface area contributed by atoms with E-state index in [1.54, 1.807) is 43.0 Å². The summed E-state index contributed by atoms with van der Waals surface area (Å²) in [6, 6.07) is 6.41. The number of halogens is 1. The molecule has 1 aromatic carbocycles. The lowest BCUT2D eigenvalue weighted by Gasteiger charge is -2.33. The quantitative estimate of drug-likeness (QED) is 0.879. The van der Waals surface area contributed by atoms with Crippen molar-refractivity contribution < 1.29 is 19.0 Å². The monoisotopic (exact) mass is 310 g/mol. The van der Waals surface area contributed by atoms with E-state index in [9.17, 15) is 14.3 Å². The number of benzene rings is 1. The van der Waals surface area contributed by atoms with Crippen molar-refractivity contribution in [1.82, 2.24) is 4.90 Å². The number of nitrogens with zero attached hydrogens (tertiary/aromatic N) is 1. The van der Waals surface area contributed by atoms with E-state index in [-0.39, 0.29) is 18.7 Å². The van der Waals surface area contributed by atoms with Crippen molar-refractivity contribution >= 4 is 11.7 Å². The molecule has 2 N–H and O–H groups in total. The first-order chi connectivity index (χ1) is 10.4. The number of likely N-dealkylation sites (tertiary alicyclic amines) is 1. The van der Waals surface area contributed by atoms with Crippen molar-refractivity contribution in [3.63, 3.8) is 0 Å². The Balaban J connectivity index is 2.02. The van der Waals surface area contributed by atoms with Gasteiger partial charge >= 0.3 is 6.03 Å². The summed E-state index contributed by atoms with van der Waals surface area (Å²) < 4.78 is 17.3. The lowest BCUT2D eigenvalue weighted by Crippen LogP contribution is -2.49. The summed E-state index contributed by atoms with van der Waals surface area (Å²) in [5.41, 5.74) is -0.345. The van der Waals surface area contributed by atoms with Gasteiger partial charge in [0.15, 0.2) is 0 Å². The number of carbonyl (C=O) groups is 1. The third-order valence-corrected chi connectivity index (χ3v) is 3.76. The number of nitrogens with one attached hydrogen (secondary N) is 1. The number of alkyl halides is 1. The van der Waals surface area contributed by atoms with Crippen molar-refractivity contribution in [2.75, 3.05) is 25.1 Å². The molecule has 0 spiro atoms. The predicted octanol–water partition coefficient (Wildman–Crippen LogP) is 2.80. The maximum absolute atomic E-state index is 12.4. The molecule has 2 amide bonds. The van der Waals surface area contributed by atoms with Gasteiger partial charge in [0.2, 0.25) is 0 Å². The van der Waals surface area contributed by atoms with Crippen LogP contribution in [0.4, 0.5) is 14.9 Å². The lowest BCUT2D eigenvalue weighted by atomic mass is 9.97. The number of ether oxygens (including phenoxy) is 1. The zero-order chi connectivity index (χ0) is 16.2. The zero-order valence-electron chi connectivity index (χ0n) is 13.0. The van der Waals surface area contributed by atoms with Gasteiger partial charge in [0.05, 0.1) is 11.6 Å². The third-order valence-electron chi connectivity index (χ3n) is 3.76. The number of rotatable bonds is 5. The Morgan fingerprint density at radius 2 is 2.32 bits per heavy atom. The standard InChI is InChI=1S/C16H23FN2O3/c1-16(2,21)14-7-4-9-19(14)15(20)18-12-5-3-6-13(11-12)22-10-8-17/h3,5-6,11,14,21H,4,7-10H2,1-2H3,(H,18,20). The van der Waals surface area contributed by atoms with E-state index < -0.39 is 12.3 Å². The van der Waals surface area contributed by atoms with Crippen molar-refractivity contribution in [3.8, 4) is 5.75 Å². The molecular formula is C16H23FN2O3. The minimum Gasteiger partial charge on any atom is -0.491 e. The number of carbonyl (C=O) groups excluding carboxylic acids is 1. The van der Waals surface area contributed by atoms with Crippen LogP contribution in [0.1, 0.15) is 26.7 Å². The summed E-state index contributed by atoms with van der Waals surface area (Å²) in [6.45, 7) is 3.49. The SMILES string of the molecule is CC(C)(O)C1CCCN1C(=O)Nc1cccc(OCCF)c1. The smallest absolute Gasteiger partial charge is 0.322 e. The highest BCUT2D eigenvalue weighted by atomic mass is 19.1. The lowest BCUT2D eigenvalue weighted by molar-refractivity contribution is 0.0117. The van der Waals surface area contributed by atoms with E-state index in [1.165, 1.54) is 0 Å². The molecule has 5 nitrogen and oxygen atoms in total. The van der Waals surface area contributed by atoms with Gasteiger partial charge in [-0.25, -0.2) is 9.18 Å². The first-order valence-electron chi connectivity index (χ1n) is 7.50. The number of urea groups is 1. The number of hydrogen-bond acceptors (Lipinski definition) is 3. The van der Waals surface area contributed by atoms with Crippen LogP contribution < -0.4 is 10.1 Å². The van der Waals surface area contributed by atoms with Crippen LogP contribution in [0.2, 0.25) is 0 Å². The average Bonchev–Trinajstić information content (AvgIpc) is 2.95. The van der Waals surface area contributed by atoms with Gasteiger partial charge in [-0.1, -0.05) is 6.07 Å². The Labute approximate surface area is 130 Å². The van der Waals surface area contributed by atoms with Gasteiger partial charge in [-0.2, -0.15) is 0 Å². The van der Waals surface area contributed by atoms with Crippen LogP contribution in [0.3, 0.4) is 0 Å². The minimum atomic E-state index is -0.931. The maximum Gasteiger partial charge on any atom is 0.322 e. The molecule has 1 atom stereocenters. The first kappa shape index (κ1) is 16.5. The van der Waals surface area contributed by atoms with E-state index in [0.717, 1.165) is 12.8 Å². The Bertz CT molecular complexity index is 516. The van der Waals surface area contributed by atoms with Gasteiger partial charge in [-0.3, -0.25) is 0 Å². The summed E-state index contributed by atoms with van der Waals surface area (Å²) in [5, 5.41) is 13.0. The second-order valence-electron chi connectivity index (χ2n) is 6.00. The molecule has 1 heterocycles. The third kappa shape index (κ3) is 4.10. The Morgan fingerprint density at radius 1 is 1.55 bits per heavy atom. The summed E-state index contributed by atoms with van der Waals surface area (Å²) in [4.78, 5) is 14.1. The maximum atomic E-state index is 12.4. The van der Waals surface area contributed by atoms with Crippen LogP contribution in [-0.2, 0) is 0 Å². The van der Waals surface area contributed by atoms with Crippen LogP contribution in [0.15, 0.2) is 24.3 Å². The molecular weight excluding hydrogens is 287 g/mol. The fourth-order valence-electron chi connectivity index (χ4n) is 2.76. The largest absolute Gasteiger partial charge is 0.491 e. The molecule has 0 aliphatic carbocycles. The summed E-state index contributed by atoms with van der Waals surface area (Å²) >= 11 is 0. The van der Waals surface area contributed by atoms with Gasteiger partial charge in [0.25, 0.3) is 0 Å². The van der Waals surface area contributed by atoms with Gasteiger partial charge in [0.1, 0.15) is 19.0 Å². The van der Waals surface area contributed by atoms with E-state index in [2.05, 4.69) is 5.32 Å². The molecule has 2 rings (SSSR count). The molecule has 0 bridgehead atoms. The molecule has 1 saturated heterocycles. The van der Waals surface area contributed by atoms with Crippen LogP contribution in [0.5, 0.6) is 5.75 Å². The first-order valence-corrected chi connectivity index (χ1v) is 7.50. The molecule has 1 fully saturated rings. The van der Waals surface area contributed by atoms with Crippen LogP contribution in [0, 0.1) is 0 Å². The zero-order valence-corrected chi connectivity index (χ0v) is 13.0. The van der Waals surface area contributed by atoms with Crippen LogP contribution >= 0.6 is 0 Å². The molecule has 6 heteroatoms. The highest BCUT2D eigenvalue weighted by Gasteiger charge is 2.38. The fraction of sp³-hybridized carbons (Fsp3) is 0.562. The predicted molar refractivity (Wildman–Crippen MR) is 83.0 cm³/mol. The average molecular weight is 310 g/mol. The molecule has 1 aliphatic heterocycles. The van der Waals surface area contributed by atoms with Gasteiger partial charge in [0, 0.05) is 18.3 Å².